The third-order valence-corrected chi connectivity index (χ3v) is 5.28. The molecule has 1 amide bonds. The predicted octanol–water partition coefficient (Wildman–Crippen LogP) is 3.20. The summed E-state index contributed by atoms with van der Waals surface area (Å²) >= 11 is 2.65. The SMILES string of the molecule is CC(Sc1nnc(NCc2ccc(F)cc2)s1)C(=O)Nc1ncccn1. The molecule has 0 aliphatic rings. The maximum absolute atomic E-state index is 12.9. The van der Waals surface area contributed by atoms with E-state index in [0.717, 1.165) is 5.56 Å². The fourth-order valence-electron chi connectivity index (χ4n) is 1.89. The number of nitrogens with zero attached hydrogens (tertiary/aromatic N) is 4. The molecule has 2 aromatic heterocycles. The minimum absolute atomic E-state index is 0.211. The normalized spacial score (nSPS) is 11.8. The third kappa shape index (κ3) is 5.20. The van der Waals surface area contributed by atoms with Gasteiger partial charge in [0.15, 0.2) is 4.34 Å². The van der Waals surface area contributed by atoms with Crippen molar-refractivity contribution < 1.29 is 9.18 Å². The average molecular weight is 390 g/mol. The number of carbonyl (C=O) groups excluding carboxylic acids is 1. The summed E-state index contributed by atoms with van der Waals surface area (Å²) in [6.07, 6.45) is 3.12. The molecule has 0 aliphatic heterocycles. The highest BCUT2D eigenvalue weighted by Gasteiger charge is 2.18. The predicted molar refractivity (Wildman–Crippen MR) is 99.6 cm³/mol. The van der Waals surface area contributed by atoms with Gasteiger partial charge >= 0.3 is 0 Å². The van der Waals surface area contributed by atoms with Crippen molar-refractivity contribution in [2.75, 3.05) is 10.6 Å². The van der Waals surface area contributed by atoms with E-state index in [1.165, 1.54) is 35.2 Å². The molecule has 26 heavy (non-hydrogen) atoms. The Morgan fingerprint density at radius 2 is 1.96 bits per heavy atom. The smallest absolute Gasteiger partial charge is 0.240 e. The van der Waals surface area contributed by atoms with E-state index in [-0.39, 0.29) is 22.9 Å². The van der Waals surface area contributed by atoms with Crippen LogP contribution in [0.4, 0.5) is 15.5 Å². The van der Waals surface area contributed by atoms with E-state index < -0.39 is 0 Å². The molecule has 0 radical (unpaired) electrons. The summed E-state index contributed by atoms with van der Waals surface area (Å²) < 4.78 is 13.6. The largest absolute Gasteiger partial charge is 0.356 e. The molecule has 2 heterocycles. The molecule has 2 N–H and O–H groups in total. The number of rotatable bonds is 7. The number of hydrogen-bond acceptors (Lipinski definition) is 8. The lowest BCUT2D eigenvalue weighted by molar-refractivity contribution is -0.115. The molecule has 0 aliphatic carbocycles. The Morgan fingerprint density at radius 1 is 1.23 bits per heavy atom. The van der Waals surface area contributed by atoms with Crippen LogP contribution in [-0.2, 0) is 11.3 Å². The van der Waals surface area contributed by atoms with E-state index in [1.54, 1.807) is 37.5 Å². The van der Waals surface area contributed by atoms with Crippen molar-refractivity contribution in [3.8, 4) is 0 Å². The summed E-state index contributed by atoms with van der Waals surface area (Å²) in [5.74, 6) is -0.211. The summed E-state index contributed by atoms with van der Waals surface area (Å²) in [4.78, 5) is 20.1. The maximum atomic E-state index is 12.9. The van der Waals surface area contributed by atoms with Crippen molar-refractivity contribution in [3.05, 3.63) is 54.1 Å². The van der Waals surface area contributed by atoms with Gasteiger partial charge in [-0.3, -0.25) is 10.1 Å². The Morgan fingerprint density at radius 3 is 2.69 bits per heavy atom. The monoisotopic (exact) mass is 390 g/mol. The molecule has 1 aromatic carbocycles. The van der Waals surface area contributed by atoms with Gasteiger partial charge in [-0.25, -0.2) is 14.4 Å². The molecular formula is C16H15FN6OS2. The summed E-state index contributed by atoms with van der Waals surface area (Å²) in [7, 11) is 0. The van der Waals surface area contributed by atoms with Gasteiger partial charge < -0.3 is 5.32 Å². The second kappa shape index (κ2) is 8.68. The highest BCUT2D eigenvalue weighted by molar-refractivity contribution is 8.02. The van der Waals surface area contributed by atoms with Gasteiger partial charge in [-0.05, 0) is 30.7 Å². The zero-order chi connectivity index (χ0) is 18.4. The van der Waals surface area contributed by atoms with Crippen LogP contribution in [-0.4, -0.2) is 31.3 Å². The number of nitrogens with one attached hydrogen (secondary N) is 2. The molecule has 1 atom stereocenters. The molecule has 0 spiro atoms. The Balaban J connectivity index is 1.51. The Kier molecular flexibility index (Phi) is 6.08. The molecule has 10 heteroatoms. The fourth-order valence-corrected chi connectivity index (χ4v) is 3.78. The first-order valence-electron chi connectivity index (χ1n) is 7.66. The van der Waals surface area contributed by atoms with Crippen LogP contribution in [0.5, 0.6) is 0 Å². The number of hydrogen-bond donors (Lipinski definition) is 2. The van der Waals surface area contributed by atoms with Gasteiger partial charge in [0.05, 0.1) is 5.25 Å². The lowest BCUT2D eigenvalue weighted by atomic mass is 10.2. The van der Waals surface area contributed by atoms with Crippen molar-refractivity contribution in [3.63, 3.8) is 0 Å². The minimum Gasteiger partial charge on any atom is -0.356 e. The summed E-state index contributed by atoms with van der Waals surface area (Å²) in [6, 6.07) is 7.91. The molecular weight excluding hydrogens is 375 g/mol. The van der Waals surface area contributed by atoms with Gasteiger partial charge in [-0.1, -0.05) is 35.2 Å². The number of anilines is 2. The average Bonchev–Trinajstić information content (AvgIpc) is 3.09. The zero-order valence-corrected chi connectivity index (χ0v) is 15.4. The Hall–Kier alpha value is -2.59. The van der Waals surface area contributed by atoms with E-state index in [4.69, 9.17) is 0 Å². The first-order chi connectivity index (χ1) is 12.6. The van der Waals surface area contributed by atoms with Crippen molar-refractivity contribution in [2.24, 2.45) is 0 Å². The van der Waals surface area contributed by atoms with E-state index in [0.29, 0.717) is 16.0 Å². The Labute approximate surface area is 157 Å². The number of benzene rings is 1. The van der Waals surface area contributed by atoms with Gasteiger partial charge in [0.2, 0.25) is 17.0 Å². The summed E-state index contributed by atoms with van der Waals surface area (Å²) in [6.45, 7) is 2.29. The molecule has 0 saturated heterocycles. The van der Waals surface area contributed by atoms with Crippen LogP contribution in [0, 0.1) is 5.82 Å². The summed E-state index contributed by atoms with van der Waals surface area (Å²) in [5.41, 5.74) is 0.936. The number of halogens is 1. The first-order valence-corrected chi connectivity index (χ1v) is 9.36. The summed E-state index contributed by atoms with van der Waals surface area (Å²) in [5, 5.41) is 14.2. The van der Waals surface area contributed by atoms with Crippen LogP contribution in [0.3, 0.4) is 0 Å². The molecule has 0 saturated carbocycles. The number of carbonyl (C=O) groups is 1. The van der Waals surface area contributed by atoms with Crippen LogP contribution in [0.25, 0.3) is 0 Å². The zero-order valence-electron chi connectivity index (χ0n) is 13.7. The highest BCUT2D eigenvalue weighted by Crippen LogP contribution is 2.29. The van der Waals surface area contributed by atoms with Gasteiger partial charge in [0.25, 0.3) is 0 Å². The fraction of sp³-hybridized carbons (Fsp3) is 0.188. The van der Waals surface area contributed by atoms with E-state index >= 15 is 0 Å². The van der Waals surface area contributed by atoms with Crippen LogP contribution >= 0.6 is 23.1 Å². The standard InChI is InChI=1S/C16H15FN6OS2/c1-10(13(24)21-14-18-7-2-8-19-14)25-16-23-22-15(26-16)20-9-11-3-5-12(17)6-4-11/h2-8,10H,9H2,1H3,(H,20,22)(H,18,19,21,24). The van der Waals surface area contributed by atoms with Crippen molar-refractivity contribution in [1.82, 2.24) is 20.2 Å². The van der Waals surface area contributed by atoms with Gasteiger partial charge in [0, 0.05) is 18.9 Å². The van der Waals surface area contributed by atoms with Gasteiger partial charge in [-0.2, -0.15) is 0 Å². The van der Waals surface area contributed by atoms with E-state index in [1.807, 2.05) is 0 Å². The minimum atomic E-state index is -0.378. The lowest BCUT2D eigenvalue weighted by Gasteiger charge is -2.08. The van der Waals surface area contributed by atoms with E-state index in [9.17, 15) is 9.18 Å². The molecule has 1 unspecified atom stereocenters. The molecule has 0 fully saturated rings. The molecule has 3 aromatic rings. The molecule has 134 valence electrons. The number of thioether (sulfide) groups is 1. The van der Waals surface area contributed by atoms with Crippen LogP contribution < -0.4 is 10.6 Å². The van der Waals surface area contributed by atoms with Crippen LogP contribution in [0.15, 0.2) is 47.1 Å². The second-order valence-corrected chi connectivity index (χ2v) is 7.74. The van der Waals surface area contributed by atoms with E-state index in [2.05, 4.69) is 30.8 Å². The highest BCUT2D eigenvalue weighted by atomic mass is 32.2. The first kappa shape index (κ1) is 18.2. The third-order valence-electron chi connectivity index (χ3n) is 3.21. The van der Waals surface area contributed by atoms with Crippen molar-refractivity contribution >= 4 is 40.1 Å². The van der Waals surface area contributed by atoms with Gasteiger partial charge in [-0.15, -0.1) is 10.2 Å². The molecule has 7 nitrogen and oxygen atoms in total. The molecule has 0 bridgehead atoms. The number of amides is 1. The van der Waals surface area contributed by atoms with Crippen LogP contribution in [0.2, 0.25) is 0 Å². The topological polar surface area (TPSA) is 92.7 Å². The molecule has 3 rings (SSSR count). The van der Waals surface area contributed by atoms with Crippen molar-refractivity contribution in [1.29, 1.82) is 0 Å². The quantitative estimate of drug-likeness (QED) is 0.599. The van der Waals surface area contributed by atoms with Gasteiger partial charge in [0.1, 0.15) is 5.82 Å². The maximum Gasteiger partial charge on any atom is 0.240 e. The van der Waals surface area contributed by atoms with Crippen molar-refractivity contribution in [2.45, 2.75) is 23.1 Å². The lowest BCUT2D eigenvalue weighted by Crippen LogP contribution is -2.23. The number of aromatic nitrogens is 4. The van der Waals surface area contributed by atoms with Crippen LogP contribution in [0.1, 0.15) is 12.5 Å². The Bertz CT molecular complexity index is 859. The second-order valence-electron chi connectivity index (χ2n) is 5.17.